The van der Waals surface area contributed by atoms with Gasteiger partial charge in [0, 0.05) is 59.9 Å². The molecule has 0 saturated carbocycles. The quantitative estimate of drug-likeness (QED) is 0.286. The molecule has 0 saturated heterocycles. The van der Waals surface area contributed by atoms with E-state index in [0.717, 1.165) is 34.6 Å². The standard InChI is InChI=1S/5C2H4O2.Na.Zr/c5*1-2(3)4;;/h5*1H3,(H,3,4);;/q;;;;;+1;/p-1. The Labute approximate surface area is 168 Å². The molecule has 0 heterocycles. The molecule has 0 aromatic rings. The van der Waals surface area contributed by atoms with Crippen LogP contribution in [0.4, 0.5) is 0 Å². The van der Waals surface area contributed by atoms with Crippen LogP contribution >= 0.6 is 0 Å². The van der Waals surface area contributed by atoms with Crippen LogP contribution in [0.1, 0.15) is 34.6 Å². The van der Waals surface area contributed by atoms with E-state index < -0.39 is 29.8 Å². The van der Waals surface area contributed by atoms with Crippen molar-refractivity contribution in [2.24, 2.45) is 0 Å². The molecule has 22 heavy (non-hydrogen) atoms. The van der Waals surface area contributed by atoms with Gasteiger partial charge in [0.1, 0.15) is 0 Å². The number of hydrogen-bond donors (Lipinski definition) is 4. The fraction of sp³-hybridized carbons (Fsp3) is 0.500. The van der Waals surface area contributed by atoms with Crippen molar-refractivity contribution in [2.75, 3.05) is 0 Å². The number of rotatable bonds is 0. The summed E-state index contributed by atoms with van der Waals surface area (Å²) >= 11 is 0. The van der Waals surface area contributed by atoms with Crippen LogP contribution in [-0.2, 0) is 50.2 Å². The zero-order valence-corrected chi connectivity index (χ0v) is 17.7. The normalized spacial score (nSPS) is 5.68. The predicted octanol–water partition coefficient (Wildman–Crippen LogP) is -3.88. The van der Waals surface area contributed by atoms with Crippen LogP contribution < -0.4 is 34.7 Å². The van der Waals surface area contributed by atoms with E-state index >= 15 is 0 Å². The molecular weight excluding hydrogens is 394 g/mol. The minimum absolute atomic E-state index is 0. The summed E-state index contributed by atoms with van der Waals surface area (Å²) in [5.74, 6) is -4.42. The molecule has 12 heteroatoms. The van der Waals surface area contributed by atoms with E-state index in [2.05, 4.69) is 0 Å². The molecule has 0 aromatic carbocycles. The number of aliphatic carboxylic acids is 5. The first-order valence-corrected chi connectivity index (χ1v) is 4.62. The Kier molecular flexibility index (Phi) is 72.1. The average molecular weight is 413 g/mol. The van der Waals surface area contributed by atoms with Crippen molar-refractivity contribution < 1.29 is 105 Å². The van der Waals surface area contributed by atoms with Gasteiger partial charge in [-0.3, -0.25) is 19.2 Å². The van der Waals surface area contributed by atoms with E-state index in [0.29, 0.717) is 0 Å². The van der Waals surface area contributed by atoms with Gasteiger partial charge in [0.2, 0.25) is 0 Å². The summed E-state index contributed by atoms with van der Waals surface area (Å²) in [4.78, 5) is 44.9. The van der Waals surface area contributed by atoms with Crippen molar-refractivity contribution in [3.63, 3.8) is 0 Å². The van der Waals surface area contributed by atoms with Crippen LogP contribution in [-0.4, -0.2) is 50.3 Å². The Morgan fingerprint density at radius 1 is 0.591 bits per heavy atom. The maximum Gasteiger partial charge on any atom is 1.00 e. The van der Waals surface area contributed by atoms with Gasteiger partial charge in [0.15, 0.2) is 0 Å². The first-order valence-electron chi connectivity index (χ1n) is 4.62. The first kappa shape index (κ1) is 42.9. The second-order valence-electron chi connectivity index (χ2n) is 2.57. The molecule has 0 aliphatic rings. The SMILES string of the molecule is CC(=O)O.CC(=O)O.CC(=O)O.CC(=O)O.CC(=O)[O-].[Na+].[Zr]. The molecule has 10 nitrogen and oxygen atoms in total. The molecule has 0 spiro atoms. The van der Waals surface area contributed by atoms with E-state index in [-0.39, 0.29) is 55.8 Å². The van der Waals surface area contributed by atoms with E-state index in [1.54, 1.807) is 0 Å². The zero-order valence-electron chi connectivity index (χ0n) is 13.2. The van der Waals surface area contributed by atoms with Crippen molar-refractivity contribution in [1.29, 1.82) is 0 Å². The number of carboxylic acids is 5. The molecule has 0 aliphatic carbocycles. The summed E-state index contributed by atoms with van der Waals surface area (Å²) in [6, 6.07) is 0. The molecule has 0 fully saturated rings. The third kappa shape index (κ3) is 10900. The molecule has 4 N–H and O–H groups in total. The van der Waals surface area contributed by atoms with Crippen molar-refractivity contribution >= 4 is 29.8 Å². The molecule has 0 aromatic heterocycles. The Bertz CT molecular complexity index is 216. The Morgan fingerprint density at radius 2 is 0.591 bits per heavy atom. The van der Waals surface area contributed by atoms with E-state index in [1.807, 2.05) is 0 Å². The van der Waals surface area contributed by atoms with Gasteiger partial charge in [-0.05, 0) is 6.92 Å². The summed E-state index contributed by atoms with van der Waals surface area (Å²) in [5.41, 5.74) is 0. The van der Waals surface area contributed by atoms with Gasteiger partial charge in [-0.1, -0.05) is 0 Å². The van der Waals surface area contributed by atoms with Crippen LogP contribution in [0.2, 0.25) is 0 Å². The van der Waals surface area contributed by atoms with Crippen molar-refractivity contribution in [1.82, 2.24) is 0 Å². The number of carbonyl (C=O) groups excluding carboxylic acids is 1. The summed E-state index contributed by atoms with van der Waals surface area (Å²) < 4.78 is 0. The molecule has 0 rings (SSSR count). The fourth-order valence-corrected chi connectivity index (χ4v) is 0. The summed E-state index contributed by atoms with van der Waals surface area (Å²) in [6.07, 6.45) is 0. The first-order chi connectivity index (χ1) is 8.66. The van der Waals surface area contributed by atoms with Gasteiger partial charge in [0.25, 0.3) is 23.9 Å². The van der Waals surface area contributed by atoms with Gasteiger partial charge >= 0.3 is 29.6 Å². The molecule has 124 valence electrons. The van der Waals surface area contributed by atoms with Gasteiger partial charge < -0.3 is 30.3 Å². The second-order valence-corrected chi connectivity index (χ2v) is 2.57. The third-order valence-corrected chi connectivity index (χ3v) is 0. The van der Waals surface area contributed by atoms with Crippen molar-refractivity contribution in [3.8, 4) is 0 Å². The maximum atomic E-state index is 9.00. The smallest absolute Gasteiger partial charge is 0.550 e. The van der Waals surface area contributed by atoms with Gasteiger partial charge in [-0.25, -0.2) is 0 Å². The minimum atomic E-state index is -1.08. The second kappa shape index (κ2) is 36.9. The van der Waals surface area contributed by atoms with Gasteiger partial charge in [-0.2, -0.15) is 0 Å². The summed E-state index contributed by atoms with van der Waals surface area (Å²) in [5, 5.41) is 38.6. The van der Waals surface area contributed by atoms with Crippen LogP contribution in [0.5, 0.6) is 0 Å². The molecule has 0 atom stereocenters. The maximum absolute atomic E-state index is 9.00. The number of carbonyl (C=O) groups is 5. The van der Waals surface area contributed by atoms with Gasteiger partial charge in [-0.15, -0.1) is 0 Å². The number of hydrogen-bond acceptors (Lipinski definition) is 6. The third-order valence-electron chi connectivity index (χ3n) is 0. The monoisotopic (exact) mass is 412 g/mol. The number of carboxylic acid groups (broad SMARTS) is 5. The van der Waals surface area contributed by atoms with Crippen LogP contribution in [0.3, 0.4) is 0 Å². The van der Waals surface area contributed by atoms with E-state index in [1.165, 1.54) is 0 Å². The van der Waals surface area contributed by atoms with E-state index in [4.69, 9.17) is 49.5 Å². The van der Waals surface area contributed by atoms with Crippen LogP contribution in [0, 0.1) is 0 Å². The molecule has 0 radical (unpaired) electrons. The van der Waals surface area contributed by atoms with Crippen LogP contribution in [0.15, 0.2) is 0 Å². The molecule has 0 aliphatic heterocycles. The Morgan fingerprint density at radius 3 is 0.591 bits per heavy atom. The van der Waals surface area contributed by atoms with Crippen LogP contribution in [0.25, 0.3) is 0 Å². The Balaban J connectivity index is -0.0000000250. The van der Waals surface area contributed by atoms with Gasteiger partial charge in [0.05, 0.1) is 0 Å². The topological polar surface area (TPSA) is 189 Å². The largest absolute Gasteiger partial charge is 1.00 e. The molecule has 0 unspecified atom stereocenters. The van der Waals surface area contributed by atoms with Crippen molar-refractivity contribution in [2.45, 2.75) is 34.6 Å². The average Bonchev–Trinajstić information content (AvgIpc) is 1.94. The molecule has 0 amide bonds. The minimum Gasteiger partial charge on any atom is -0.550 e. The zero-order chi connectivity index (χ0) is 17.9. The summed E-state index contributed by atoms with van der Waals surface area (Å²) in [6.45, 7) is 5.31. The van der Waals surface area contributed by atoms with E-state index in [9.17, 15) is 0 Å². The fourth-order valence-electron chi connectivity index (χ4n) is 0. The Hall–Kier alpha value is -0.767. The molecule has 0 bridgehead atoms. The van der Waals surface area contributed by atoms with Crippen molar-refractivity contribution in [3.05, 3.63) is 0 Å². The molecular formula is C10H19NaO10Zr. The summed E-state index contributed by atoms with van der Waals surface area (Å²) in [7, 11) is 0. The predicted molar refractivity (Wildman–Crippen MR) is 63.9 cm³/mol.